The molecule has 1 aliphatic heterocycles. The molecular weight excluding hydrogens is 704 g/mol. The minimum atomic E-state index is -1.87. The van der Waals surface area contributed by atoms with E-state index >= 15 is 0 Å². The first-order valence-electron chi connectivity index (χ1n) is 17.0. The Balaban J connectivity index is 1.04. The van der Waals surface area contributed by atoms with Crippen LogP contribution in [0.1, 0.15) is 38.9 Å². The number of rotatable bonds is 8. The van der Waals surface area contributed by atoms with Gasteiger partial charge in [0, 0.05) is 81.3 Å². The van der Waals surface area contributed by atoms with E-state index < -0.39 is 12.2 Å². The molecule has 6 aromatic rings. The number of hydrogen-bond acceptors (Lipinski definition) is 9. The topological polar surface area (TPSA) is 193 Å². The van der Waals surface area contributed by atoms with Crippen molar-refractivity contribution in [2.24, 2.45) is 5.73 Å². The average Bonchev–Trinajstić information content (AvgIpc) is 3.63. The molecule has 4 aromatic carbocycles. The van der Waals surface area contributed by atoms with Crippen LogP contribution in [-0.4, -0.2) is 42.2 Å². The van der Waals surface area contributed by atoms with Crippen molar-refractivity contribution in [2.75, 3.05) is 5.73 Å². The van der Waals surface area contributed by atoms with Gasteiger partial charge in [-0.05, 0) is 65.7 Å². The number of aliphatic hydroxyl groups excluding tert-OH is 1. The van der Waals surface area contributed by atoms with E-state index in [0.29, 0.717) is 51.0 Å². The number of aromatic hydroxyl groups is 1. The second-order valence-corrected chi connectivity index (χ2v) is 13.3. The molecule has 0 spiro atoms. The third-order valence-electron chi connectivity index (χ3n) is 9.29. The number of halogens is 1. The van der Waals surface area contributed by atoms with E-state index in [-0.39, 0.29) is 34.5 Å². The van der Waals surface area contributed by atoms with Crippen LogP contribution < -0.4 is 21.5 Å². The summed E-state index contributed by atoms with van der Waals surface area (Å²) in [4.78, 5) is 25.8. The maximum atomic E-state index is 13.4. The number of hydrogen-bond donors (Lipinski definition) is 7. The van der Waals surface area contributed by atoms with Gasteiger partial charge in [-0.2, -0.15) is 0 Å². The van der Waals surface area contributed by atoms with Gasteiger partial charge in [-0.1, -0.05) is 60.2 Å². The first kappa shape index (κ1) is 34.6. The molecule has 0 saturated heterocycles. The Labute approximate surface area is 314 Å². The van der Waals surface area contributed by atoms with Crippen molar-refractivity contribution in [3.8, 4) is 45.4 Å². The number of nitrogens with one attached hydrogen (secondary N) is 2. The van der Waals surface area contributed by atoms with Crippen LogP contribution in [-0.2, 0) is 6.54 Å². The van der Waals surface area contributed by atoms with E-state index in [1.165, 1.54) is 6.07 Å². The molecule has 11 nitrogen and oxygen atoms in total. The Morgan fingerprint density at radius 2 is 1.69 bits per heavy atom. The molecule has 54 heavy (non-hydrogen) atoms. The number of fused-ring (bicyclic) bond motifs is 2. The van der Waals surface area contributed by atoms with Crippen molar-refractivity contribution >= 4 is 28.8 Å². The van der Waals surface area contributed by atoms with Crippen molar-refractivity contribution in [3.63, 3.8) is 0 Å². The third kappa shape index (κ3) is 6.64. The van der Waals surface area contributed by atoms with Crippen molar-refractivity contribution in [3.05, 3.63) is 166 Å². The lowest BCUT2D eigenvalue weighted by Gasteiger charge is -2.29. The quantitative estimate of drug-likeness (QED) is 0.0663. The number of phenolic OH excluding ortho intramolecular Hbond substituents is 1. The zero-order valence-corrected chi connectivity index (χ0v) is 29.2. The molecule has 0 radical (unpaired) electrons. The van der Waals surface area contributed by atoms with Crippen LogP contribution in [0.2, 0.25) is 5.02 Å². The molecule has 12 heteroatoms. The van der Waals surface area contributed by atoms with Gasteiger partial charge in [-0.25, -0.2) is 4.98 Å². The average molecular weight is 737 g/mol. The van der Waals surface area contributed by atoms with Crippen LogP contribution in [0.4, 0.5) is 5.69 Å². The van der Waals surface area contributed by atoms with Crippen molar-refractivity contribution in [1.29, 1.82) is 0 Å². The summed E-state index contributed by atoms with van der Waals surface area (Å²) in [5.41, 5.74) is 20.4. The predicted molar refractivity (Wildman–Crippen MR) is 207 cm³/mol. The van der Waals surface area contributed by atoms with Gasteiger partial charge in [-0.3, -0.25) is 9.78 Å². The van der Waals surface area contributed by atoms with Crippen LogP contribution in [0.15, 0.2) is 133 Å². The number of phenols is 1. The summed E-state index contributed by atoms with van der Waals surface area (Å²) in [6.07, 6.45) is 6.98. The summed E-state index contributed by atoms with van der Waals surface area (Å²) in [6.45, 7) is 0.217. The number of aromatic amines is 1. The Kier molecular flexibility index (Phi) is 9.06. The number of allylic oxidation sites excluding steroid dienone is 1. The van der Waals surface area contributed by atoms with Crippen molar-refractivity contribution in [2.45, 2.75) is 18.9 Å². The van der Waals surface area contributed by atoms with Crippen LogP contribution in [0.25, 0.3) is 39.5 Å². The Morgan fingerprint density at radius 1 is 0.926 bits per heavy atom. The minimum absolute atomic E-state index is 0.0435. The molecule has 9 N–H and O–H groups in total. The molecule has 8 rings (SSSR count). The highest BCUT2D eigenvalue weighted by Crippen LogP contribution is 2.45. The lowest BCUT2D eigenvalue weighted by molar-refractivity contribution is -0.0426. The van der Waals surface area contributed by atoms with Crippen LogP contribution in [0, 0.1) is 0 Å². The molecule has 2 aromatic heterocycles. The van der Waals surface area contributed by atoms with Gasteiger partial charge in [0.1, 0.15) is 23.1 Å². The molecular formula is C42H33ClN6O5. The molecule has 1 atom stereocenters. The Morgan fingerprint density at radius 3 is 2.44 bits per heavy atom. The fourth-order valence-electron chi connectivity index (χ4n) is 6.61. The molecule has 1 unspecified atom stereocenters. The van der Waals surface area contributed by atoms with E-state index in [4.69, 9.17) is 32.8 Å². The van der Waals surface area contributed by atoms with Gasteiger partial charge in [0.05, 0.1) is 16.4 Å². The summed E-state index contributed by atoms with van der Waals surface area (Å²) in [7, 11) is 0. The zero-order valence-electron chi connectivity index (χ0n) is 28.5. The second kappa shape index (κ2) is 14.1. The molecule has 1 aliphatic carbocycles. The van der Waals surface area contributed by atoms with Gasteiger partial charge < -0.3 is 41.8 Å². The first-order valence-corrected chi connectivity index (χ1v) is 17.4. The largest absolute Gasteiger partial charge is 0.506 e. The van der Waals surface area contributed by atoms with Crippen molar-refractivity contribution in [1.82, 2.24) is 20.3 Å². The van der Waals surface area contributed by atoms with Gasteiger partial charge in [0.2, 0.25) is 0 Å². The number of nitrogens with two attached hydrogens (primary N) is 2. The lowest BCUT2D eigenvalue weighted by Crippen LogP contribution is -2.23. The van der Waals surface area contributed by atoms with E-state index in [1.54, 1.807) is 60.9 Å². The molecule has 268 valence electrons. The summed E-state index contributed by atoms with van der Waals surface area (Å²) >= 11 is 6.07. The smallest absolute Gasteiger partial charge is 0.251 e. The van der Waals surface area contributed by atoms with E-state index in [1.807, 2.05) is 54.6 Å². The Bertz CT molecular complexity index is 2530. The Hall–Kier alpha value is -6.50. The van der Waals surface area contributed by atoms with Crippen LogP contribution >= 0.6 is 11.6 Å². The summed E-state index contributed by atoms with van der Waals surface area (Å²) in [5.74, 6) is 1.22. The number of anilines is 1. The SMILES string of the molecule is Nc1ccc2c(c1)OC1=CC(N)C=CC1=C2c1ccc(C(=O)NCc2ccc(-c3nc(-c4ccc(Cl)c(O)c4)c(-c4ccncc4)[nH]3)cc2)cc1C(O)O. The number of aliphatic hydroxyl groups is 2. The predicted octanol–water partition coefficient (Wildman–Crippen LogP) is 6.64. The molecule has 3 heterocycles. The lowest BCUT2D eigenvalue weighted by atomic mass is 9.84. The molecule has 2 aliphatic rings. The maximum Gasteiger partial charge on any atom is 0.251 e. The number of H-pyrrole nitrogens is 1. The summed E-state index contributed by atoms with van der Waals surface area (Å²) in [5, 5.41) is 34.5. The van der Waals surface area contributed by atoms with Gasteiger partial charge in [-0.15, -0.1) is 0 Å². The normalized spacial score (nSPS) is 14.7. The third-order valence-corrected chi connectivity index (χ3v) is 9.61. The zero-order chi connectivity index (χ0) is 37.5. The highest BCUT2D eigenvalue weighted by molar-refractivity contribution is 6.32. The number of carbonyl (C=O) groups excluding carboxylic acids is 1. The highest BCUT2D eigenvalue weighted by Gasteiger charge is 2.29. The number of imidazole rings is 1. The minimum Gasteiger partial charge on any atom is -0.506 e. The number of aromatic nitrogens is 3. The number of benzene rings is 4. The first-order chi connectivity index (χ1) is 26.1. The van der Waals surface area contributed by atoms with E-state index in [2.05, 4.69) is 15.3 Å². The summed E-state index contributed by atoms with van der Waals surface area (Å²) in [6, 6.07) is 26.1. The monoisotopic (exact) mass is 736 g/mol. The fraction of sp³-hybridized carbons (Fsp3) is 0.0714. The number of nitrogens with zero attached hydrogens (tertiary/aromatic N) is 2. The second-order valence-electron chi connectivity index (χ2n) is 12.9. The highest BCUT2D eigenvalue weighted by atomic mass is 35.5. The molecule has 0 bridgehead atoms. The fourth-order valence-corrected chi connectivity index (χ4v) is 6.72. The number of ether oxygens (including phenoxy) is 1. The van der Waals surface area contributed by atoms with Gasteiger partial charge >= 0.3 is 0 Å². The summed E-state index contributed by atoms with van der Waals surface area (Å²) < 4.78 is 6.14. The van der Waals surface area contributed by atoms with Crippen LogP contribution in [0.3, 0.4) is 0 Å². The van der Waals surface area contributed by atoms with Gasteiger partial charge in [0.25, 0.3) is 5.91 Å². The number of carbonyl (C=O) groups is 1. The number of pyridine rings is 1. The van der Waals surface area contributed by atoms with Crippen molar-refractivity contribution < 1.29 is 24.9 Å². The molecule has 0 saturated carbocycles. The van der Waals surface area contributed by atoms with E-state index in [9.17, 15) is 20.1 Å². The standard InChI is InChI=1S/C42H33ClN6O5/c43-33-12-6-25(18-34(33)50)39-38(23-13-15-46-16-14-23)48-40(49-39)24-3-1-22(2-4-24)21-47-41(51)26-5-9-29(32(17-26)42(52)53)37-30-10-7-27(44)19-35(30)54-36-20-28(45)8-11-31(36)37/h1-20,27,42,50,52-53H,21,44-45H2,(H,47,51)(H,48,49). The number of nitrogen functional groups attached to an aromatic ring is 1. The molecule has 1 amide bonds. The number of amides is 1. The van der Waals surface area contributed by atoms with E-state index in [0.717, 1.165) is 28.0 Å². The van der Waals surface area contributed by atoms with Crippen LogP contribution in [0.5, 0.6) is 11.5 Å². The maximum absolute atomic E-state index is 13.4. The van der Waals surface area contributed by atoms with Gasteiger partial charge in [0.15, 0.2) is 6.29 Å². The molecule has 0 fully saturated rings.